The Balaban J connectivity index is 0. The van der Waals surface area contributed by atoms with Crippen LogP contribution in [0.1, 0.15) is 0 Å². The van der Waals surface area contributed by atoms with Gasteiger partial charge < -0.3 is 35.1 Å². The van der Waals surface area contributed by atoms with E-state index >= 15 is 0 Å². The maximum Gasteiger partial charge on any atom is 0.0351 e. The predicted molar refractivity (Wildman–Crippen MR) is 57.0 cm³/mol. The van der Waals surface area contributed by atoms with E-state index in [-0.39, 0.29) is 17.1 Å². The average Bonchev–Trinajstić information content (AvgIpc) is 2.85. The van der Waals surface area contributed by atoms with Crippen molar-refractivity contribution in [3.8, 4) is 0 Å². The summed E-state index contributed by atoms with van der Waals surface area (Å²) < 4.78 is 4.25. The van der Waals surface area contributed by atoms with E-state index in [2.05, 4.69) is 4.74 Å². The largest absolute Gasteiger partial charge is 0.748 e. The number of hydrogen-bond donors (Lipinski definition) is 0. The molecule has 2 aromatic rings. The first-order valence-corrected chi connectivity index (χ1v) is 4.15. The predicted octanol–water partition coefficient (Wildman–Crippen LogP) is 3.07. The van der Waals surface area contributed by atoms with Gasteiger partial charge in [-0.1, -0.05) is 0 Å². The van der Waals surface area contributed by atoms with E-state index in [0.717, 1.165) is 0 Å². The molecule has 0 aromatic heterocycles. The first kappa shape index (κ1) is 15.6. The standard InChI is InChI=1S/2C5H5.C2H6O.Fe/c2*1-2-4-5-3-1;1-3-2;/h2*1-5H;1-2H3;/q-5;-1;;. The minimum Gasteiger partial charge on any atom is -0.748 e. The Kier molecular flexibility index (Phi) is 16.4. The average molecular weight is 232 g/mol. The van der Waals surface area contributed by atoms with Gasteiger partial charge in [0.05, 0.1) is 0 Å². The Morgan fingerprint density at radius 1 is 0.786 bits per heavy atom. The van der Waals surface area contributed by atoms with Crippen LogP contribution >= 0.6 is 0 Å². The molecular formula is C12H16FeO-6. The van der Waals surface area contributed by atoms with Gasteiger partial charge in [0.25, 0.3) is 0 Å². The number of rotatable bonds is 0. The molecule has 0 fully saturated rings. The summed E-state index contributed by atoms with van der Waals surface area (Å²) in [4.78, 5) is 0. The topological polar surface area (TPSA) is 9.23 Å². The first-order valence-electron chi connectivity index (χ1n) is 4.15. The molecule has 0 aliphatic heterocycles. The monoisotopic (exact) mass is 232 g/mol. The maximum absolute atomic E-state index is 4.25. The normalized spacial score (nSPS) is 7.00. The molecule has 0 heterocycles. The van der Waals surface area contributed by atoms with Crippen LogP contribution in [-0.4, -0.2) is 14.2 Å². The van der Waals surface area contributed by atoms with Gasteiger partial charge in [-0.05, 0) is 0 Å². The third-order valence-electron chi connectivity index (χ3n) is 1.11. The fourth-order valence-electron chi connectivity index (χ4n) is 0.642. The summed E-state index contributed by atoms with van der Waals surface area (Å²) in [6.07, 6.45) is 0. The Labute approximate surface area is 96.9 Å². The van der Waals surface area contributed by atoms with E-state index in [1.165, 1.54) is 0 Å². The van der Waals surface area contributed by atoms with Crippen molar-refractivity contribution in [3.05, 3.63) is 60.7 Å². The van der Waals surface area contributed by atoms with E-state index in [9.17, 15) is 0 Å². The van der Waals surface area contributed by atoms with Crippen LogP contribution in [0.4, 0.5) is 0 Å². The van der Waals surface area contributed by atoms with Gasteiger partial charge in [-0.2, -0.15) is 18.2 Å². The second kappa shape index (κ2) is 14.7. The molecule has 2 aromatic carbocycles. The molecule has 14 heavy (non-hydrogen) atoms. The molecule has 0 aliphatic rings. The molecule has 0 radical (unpaired) electrons. The summed E-state index contributed by atoms with van der Waals surface area (Å²) in [7, 11) is 3.25. The second-order valence-corrected chi connectivity index (χ2v) is 2.33. The Hall–Kier alpha value is -0.821. The summed E-state index contributed by atoms with van der Waals surface area (Å²) in [5, 5.41) is 0. The molecular weight excluding hydrogens is 216 g/mol. The van der Waals surface area contributed by atoms with Gasteiger partial charge >= 0.3 is 0 Å². The van der Waals surface area contributed by atoms with Crippen molar-refractivity contribution in [2.75, 3.05) is 14.2 Å². The summed E-state index contributed by atoms with van der Waals surface area (Å²) in [6.45, 7) is 0. The van der Waals surface area contributed by atoms with Gasteiger partial charge in [-0.25, -0.2) is 12.1 Å². The Morgan fingerprint density at radius 2 is 1.07 bits per heavy atom. The fraction of sp³-hybridized carbons (Fsp3) is 0.167. The molecule has 0 N–H and O–H groups in total. The van der Waals surface area contributed by atoms with E-state index < -0.39 is 0 Å². The van der Waals surface area contributed by atoms with Gasteiger partial charge in [0, 0.05) is 31.3 Å². The van der Waals surface area contributed by atoms with Crippen LogP contribution in [0.15, 0.2) is 60.7 Å². The maximum atomic E-state index is 4.25. The molecule has 0 unspecified atom stereocenters. The third kappa shape index (κ3) is 13.7. The van der Waals surface area contributed by atoms with Crippen LogP contribution < -0.4 is 0 Å². The summed E-state index contributed by atoms with van der Waals surface area (Å²) in [5.41, 5.74) is 0. The SMILES string of the molecule is COC.[Fe].[cH-]1[cH-][cH-][cH-][cH-]1.c1cc[cH-]c1. The van der Waals surface area contributed by atoms with E-state index in [4.69, 9.17) is 0 Å². The van der Waals surface area contributed by atoms with Crippen molar-refractivity contribution >= 4 is 0 Å². The minimum absolute atomic E-state index is 0. The van der Waals surface area contributed by atoms with Gasteiger partial charge in [0.15, 0.2) is 0 Å². The zero-order chi connectivity index (χ0) is 9.78. The Bertz CT molecular complexity index is 162. The summed E-state index contributed by atoms with van der Waals surface area (Å²) in [5.74, 6) is 0. The molecule has 0 spiro atoms. The quantitative estimate of drug-likeness (QED) is 0.501. The summed E-state index contributed by atoms with van der Waals surface area (Å²) >= 11 is 0. The summed E-state index contributed by atoms with van der Waals surface area (Å²) in [6, 6.07) is 20.0. The van der Waals surface area contributed by atoms with Crippen LogP contribution in [0.3, 0.4) is 0 Å². The number of methoxy groups -OCH3 is 1. The van der Waals surface area contributed by atoms with E-state index in [0.29, 0.717) is 0 Å². The van der Waals surface area contributed by atoms with Crippen LogP contribution in [0.5, 0.6) is 0 Å². The zero-order valence-corrected chi connectivity index (χ0v) is 9.64. The zero-order valence-electron chi connectivity index (χ0n) is 8.54. The minimum atomic E-state index is 0. The van der Waals surface area contributed by atoms with Gasteiger partial charge in [-0.3, -0.25) is 0 Å². The molecule has 2 rings (SSSR count). The van der Waals surface area contributed by atoms with Crippen LogP contribution in [-0.2, 0) is 21.8 Å². The van der Waals surface area contributed by atoms with Crippen LogP contribution in [0.25, 0.3) is 0 Å². The molecule has 2 heteroatoms. The smallest absolute Gasteiger partial charge is 0.0351 e. The second-order valence-electron chi connectivity index (χ2n) is 2.33. The Morgan fingerprint density at radius 3 is 1.21 bits per heavy atom. The molecule has 1 nitrogen and oxygen atoms in total. The molecule has 0 amide bonds. The molecule has 0 aliphatic carbocycles. The molecule has 0 atom stereocenters. The molecule has 84 valence electrons. The van der Waals surface area contributed by atoms with Crippen molar-refractivity contribution in [1.82, 2.24) is 0 Å². The van der Waals surface area contributed by atoms with E-state index in [1.807, 2.05) is 60.7 Å². The van der Waals surface area contributed by atoms with E-state index in [1.54, 1.807) is 14.2 Å². The fourth-order valence-corrected chi connectivity index (χ4v) is 0.642. The third-order valence-corrected chi connectivity index (χ3v) is 1.11. The molecule has 0 saturated carbocycles. The van der Waals surface area contributed by atoms with Gasteiger partial charge in [0.1, 0.15) is 0 Å². The number of hydrogen-bond acceptors (Lipinski definition) is 1. The van der Waals surface area contributed by atoms with Crippen molar-refractivity contribution in [2.24, 2.45) is 0 Å². The molecule has 0 saturated heterocycles. The van der Waals surface area contributed by atoms with Crippen molar-refractivity contribution in [2.45, 2.75) is 0 Å². The van der Waals surface area contributed by atoms with Gasteiger partial charge in [-0.15, -0.1) is 0 Å². The van der Waals surface area contributed by atoms with Gasteiger partial charge in [0.2, 0.25) is 0 Å². The van der Waals surface area contributed by atoms with Crippen LogP contribution in [0, 0.1) is 0 Å². The molecule has 0 bridgehead atoms. The van der Waals surface area contributed by atoms with Crippen LogP contribution in [0.2, 0.25) is 0 Å². The van der Waals surface area contributed by atoms with Crippen molar-refractivity contribution in [1.29, 1.82) is 0 Å². The first-order chi connectivity index (χ1) is 6.41. The van der Waals surface area contributed by atoms with Crippen molar-refractivity contribution < 1.29 is 21.8 Å². The van der Waals surface area contributed by atoms with Crippen molar-refractivity contribution in [3.63, 3.8) is 0 Å². The number of ether oxygens (including phenoxy) is 1.